The molecule has 28 heavy (non-hydrogen) atoms. The Bertz CT molecular complexity index is 865. The zero-order chi connectivity index (χ0) is 20.3. The standard InChI is InChI=1S/C21H21F3N2O2/c1-21(20(28)25-12-14-6-8-15(22)9-7-14)10-3-11-26(13-21)19(27)18-16(23)4-2-5-17(18)24/h2,4-9H,3,10-13H2,1H3,(H,25,28)/t21-/m0/s1. The van der Waals surface area contributed by atoms with E-state index in [9.17, 15) is 22.8 Å². The van der Waals surface area contributed by atoms with Gasteiger partial charge in [0, 0.05) is 19.6 Å². The Kier molecular flexibility index (Phi) is 5.72. The fourth-order valence-electron chi connectivity index (χ4n) is 3.46. The van der Waals surface area contributed by atoms with E-state index in [0.29, 0.717) is 19.4 Å². The van der Waals surface area contributed by atoms with Crippen LogP contribution in [0, 0.1) is 22.9 Å². The summed E-state index contributed by atoms with van der Waals surface area (Å²) in [4.78, 5) is 26.7. The van der Waals surface area contributed by atoms with E-state index in [0.717, 1.165) is 17.7 Å². The summed E-state index contributed by atoms with van der Waals surface area (Å²) in [5.41, 5.74) is -0.732. The third kappa shape index (κ3) is 4.18. The Morgan fingerprint density at radius 3 is 2.36 bits per heavy atom. The highest BCUT2D eigenvalue weighted by molar-refractivity contribution is 5.95. The minimum absolute atomic E-state index is 0.0643. The number of nitrogens with zero attached hydrogens (tertiary/aromatic N) is 1. The number of benzene rings is 2. The maximum Gasteiger partial charge on any atom is 0.259 e. The summed E-state index contributed by atoms with van der Waals surface area (Å²) in [6.07, 6.45) is 1.09. The molecule has 1 fully saturated rings. The van der Waals surface area contributed by atoms with E-state index < -0.39 is 28.5 Å². The van der Waals surface area contributed by atoms with Crippen LogP contribution in [0.3, 0.4) is 0 Å². The molecule has 1 N–H and O–H groups in total. The van der Waals surface area contributed by atoms with Gasteiger partial charge in [0.1, 0.15) is 23.0 Å². The second kappa shape index (κ2) is 8.04. The summed E-state index contributed by atoms with van der Waals surface area (Å²) in [6, 6.07) is 9.06. The van der Waals surface area contributed by atoms with Crippen molar-refractivity contribution in [1.29, 1.82) is 0 Å². The van der Waals surface area contributed by atoms with E-state index >= 15 is 0 Å². The topological polar surface area (TPSA) is 49.4 Å². The molecular formula is C21H21F3N2O2. The van der Waals surface area contributed by atoms with Gasteiger partial charge in [-0.25, -0.2) is 13.2 Å². The van der Waals surface area contributed by atoms with Crippen molar-refractivity contribution in [1.82, 2.24) is 10.2 Å². The molecule has 2 amide bonds. The Labute approximate surface area is 161 Å². The monoisotopic (exact) mass is 390 g/mol. The summed E-state index contributed by atoms with van der Waals surface area (Å²) >= 11 is 0. The number of likely N-dealkylation sites (tertiary alicyclic amines) is 1. The van der Waals surface area contributed by atoms with Gasteiger partial charge >= 0.3 is 0 Å². The number of amides is 2. The van der Waals surface area contributed by atoms with E-state index in [2.05, 4.69) is 5.32 Å². The molecule has 0 aliphatic carbocycles. The van der Waals surface area contributed by atoms with Crippen molar-refractivity contribution in [2.45, 2.75) is 26.3 Å². The summed E-state index contributed by atoms with van der Waals surface area (Å²) < 4.78 is 40.9. The third-order valence-electron chi connectivity index (χ3n) is 5.07. The Morgan fingerprint density at radius 1 is 1.07 bits per heavy atom. The predicted molar refractivity (Wildman–Crippen MR) is 97.8 cm³/mol. The summed E-state index contributed by atoms with van der Waals surface area (Å²) in [6.45, 7) is 2.34. The summed E-state index contributed by atoms with van der Waals surface area (Å²) in [5, 5.41) is 2.80. The lowest BCUT2D eigenvalue weighted by Crippen LogP contribution is -2.52. The average molecular weight is 390 g/mol. The molecule has 148 valence electrons. The molecule has 0 saturated carbocycles. The van der Waals surface area contributed by atoms with Gasteiger partial charge in [-0.15, -0.1) is 0 Å². The predicted octanol–water partition coefficient (Wildman–Crippen LogP) is 3.66. The van der Waals surface area contributed by atoms with Crippen molar-refractivity contribution in [3.63, 3.8) is 0 Å². The quantitative estimate of drug-likeness (QED) is 0.866. The molecule has 4 nitrogen and oxygen atoms in total. The number of carbonyl (C=O) groups is 2. The summed E-state index contributed by atoms with van der Waals surface area (Å²) in [7, 11) is 0. The minimum atomic E-state index is -0.918. The van der Waals surface area contributed by atoms with Crippen molar-refractivity contribution in [2.75, 3.05) is 13.1 Å². The van der Waals surface area contributed by atoms with Gasteiger partial charge in [0.15, 0.2) is 0 Å². The van der Waals surface area contributed by atoms with Crippen molar-refractivity contribution in [2.24, 2.45) is 5.41 Å². The van der Waals surface area contributed by atoms with Crippen LogP contribution in [0.2, 0.25) is 0 Å². The van der Waals surface area contributed by atoms with Crippen LogP contribution < -0.4 is 5.32 Å². The molecule has 1 aliphatic heterocycles. The lowest BCUT2D eigenvalue weighted by atomic mass is 9.80. The van der Waals surface area contributed by atoms with Gasteiger partial charge in [0.25, 0.3) is 5.91 Å². The number of carbonyl (C=O) groups excluding carboxylic acids is 2. The van der Waals surface area contributed by atoms with Gasteiger partial charge in [0.2, 0.25) is 5.91 Å². The summed E-state index contributed by atoms with van der Waals surface area (Å²) in [5.74, 6) is -3.21. The minimum Gasteiger partial charge on any atom is -0.351 e. The zero-order valence-corrected chi connectivity index (χ0v) is 15.5. The van der Waals surface area contributed by atoms with Gasteiger partial charge in [-0.05, 0) is 49.6 Å². The van der Waals surface area contributed by atoms with Crippen LogP contribution in [0.1, 0.15) is 35.7 Å². The molecule has 0 spiro atoms. The highest BCUT2D eigenvalue weighted by atomic mass is 19.1. The van der Waals surface area contributed by atoms with Crippen LogP contribution in [0.5, 0.6) is 0 Å². The van der Waals surface area contributed by atoms with Crippen molar-refractivity contribution >= 4 is 11.8 Å². The first-order valence-corrected chi connectivity index (χ1v) is 9.06. The largest absolute Gasteiger partial charge is 0.351 e. The molecule has 1 saturated heterocycles. The molecule has 1 heterocycles. The number of hydrogen-bond donors (Lipinski definition) is 1. The Balaban J connectivity index is 1.69. The number of piperidine rings is 1. The number of halogens is 3. The van der Waals surface area contributed by atoms with Crippen molar-refractivity contribution < 1.29 is 22.8 Å². The van der Waals surface area contributed by atoms with E-state index in [-0.39, 0.29) is 24.8 Å². The highest BCUT2D eigenvalue weighted by Crippen LogP contribution is 2.31. The lowest BCUT2D eigenvalue weighted by Gasteiger charge is -2.39. The van der Waals surface area contributed by atoms with Gasteiger partial charge in [-0.1, -0.05) is 18.2 Å². The van der Waals surface area contributed by atoms with Gasteiger partial charge in [-0.2, -0.15) is 0 Å². The van der Waals surface area contributed by atoms with Crippen LogP contribution in [0.4, 0.5) is 13.2 Å². The fraction of sp³-hybridized carbons (Fsp3) is 0.333. The molecule has 0 aromatic heterocycles. The van der Waals surface area contributed by atoms with Gasteiger partial charge in [-0.3, -0.25) is 9.59 Å². The van der Waals surface area contributed by atoms with E-state index in [1.54, 1.807) is 19.1 Å². The second-order valence-electron chi connectivity index (χ2n) is 7.30. The Morgan fingerprint density at radius 2 is 1.71 bits per heavy atom. The normalized spacial score (nSPS) is 19.4. The lowest BCUT2D eigenvalue weighted by molar-refractivity contribution is -0.132. The fourth-order valence-corrected chi connectivity index (χ4v) is 3.46. The molecule has 0 radical (unpaired) electrons. The van der Waals surface area contributed by atoms with E-state index in [4.69, 9.17) is 0 Å². The van der Waals surface area contributed by atoms with Crippen LogP contribution in [0.15, 0.2) is 42.5 Å². The average Bonchev–Trinajstić information content (AvgIpc) is 2.67. The van der Waals surface area contributed by atoms with E-state index in [1.807, 2.05) is 0 Å². The molecule has 0 bridgehead atoms. The maximum atomic E-state index is 14.0. The molecule has 2 aromatic carbocycles. The molecule has 1 aliphatic rings. The van der Waals surface area contributed by atoms with Crippen LogP contribution >= 0.6 is 0 Å². The SMILES string of the molecule is C[C@]1(C(=O)NCc2ccc(F)cc2)CCCN(C(=O)c2c(F)cccc2F)C1. The Hall–Kier alpha value is -2.83. The van der Waals surface area contributed by atoms with E-state index in [1.165, 1.54) is 23.1 Å². The zero-order valence-electron chi connectivity index (χ0n) is 15.5. The number of rotatable bonds is 4. The smallest absolute Gasteiger partial charge is 0.259 e. The maximum absolute atomic E-state index is 14.0. The van der Waals surface area contributed by atoms with Crippen molar-refractivity contribution in [3.8, 4) is 0 Å². The first-order chi connectivity index (χ1) is 13.3. The number of nitrogens with one attached hydrogen (secondary N) is 1. The molecule has 0 unspecified atom stereocenters. The first-order valence-electron chi connectivity index (χ1n) is 9.06. The van der Waals surface area contributed by atoms with Gasteiger partial charge in [0.05, 0.1) is 5.41 Å². The van der Waals surface area contributed by atoms with Gasteiger partial charge < -0.3 is 10.2 Å². The first kappa shape index (κ1) is 19.9. The third-order valence-corrected chi connectivity index (χ3v) is 5.07. The highest BCUT2D eigenvalue weighted by Gasteiger charge is 2.40. The molecule has 7 heteroatoms. The molecule has 1 atom stereocenters. The van der Waals surface area contributed by atoms with Crippen LogP contribution in [-0.2, 0) is 11.3 Å². The van der Waals surface area contributed by atoms with Crippen molar-refractivity contribution in [3.05, 3.63) is 71.0 Å². The molecule has 3 rings (SSSR count). The number of hydrogen-bond acceptors (Lipinski definition) is 2. The molecular weight excluding hydrogens is 369 g/mol. The molecule has 2 aromatic rings. The van der Waals surface area contributed by atoms with Crippen LogP contribution in [0.25, 0.3) is 0 Å². The van der Waals surface area contributed by atoms with Crippen LogP contribution in [-0.4, -0.2) is 29.8 Å². The second-order valence-corrected chi connectivity index (χ2v) is 7.30.